The predicted molar refractivity (Wildman–Crippen MR) is 125 cm³/mol. The fourth-order valence-electron chi connectivity index (χ4n) is 3.01. The summed E-state index contributed by atoms with van der Waals surface area (Å²) in [6.45, 7) is 0. The number of anilines is 1. The molecule has 6 heteroatoms. The average molecular weight is 522 g/mol. The minimum Gasteiger partial charge on any atom is -0.493 e. The number of halogens is 2. The van der Waals surface area contributed by atoms with E-state index in [1.54, 1.807) is 32.4 Å². The summed E-state index contributed by atoms with van der Waals surface area (Å²) >= 11 is 8.31. The molecule has 0 heterocycles. The zero-order valence-electron chi connectivity index (χ0n) is 16.1. The van der Waals surface area contributed by atoms with Crippen LogP contribution in [0, 0.1) is 3.57 Å². The Hall–Kier alpha value is -2.25. The van der Waals surface area contributed by atoms with E-state index < -0.39 is 0 Å². The number of benzene rings is 3. The van der Waals surface area contributed by atoms with Gasteiger partial charge in [-0.05, 0) is 82.8 Å². The van der Waals surface area contributed by atoms with Crippen LogP contribution in [0.15, 0.2) is 66.7 Å². The summed E-state index contributed by atoms with van der Waals surface area (Å²) < 4.78 is 11.7. The van der Waals surface area contributed by atoms with Gasteiger partial charge in [-0.3, -0.25) is 4.79 Å². The van der Waals surface area contributed by atoms with Crippen LogP contribution in [0.2, 0.25) is 5.02 Å². The highest BCUT2D eigenvalue weighted by Crippen LogP contribution is 2.30. The number of hydrogen-bond donors (Lipinski definition) is 1. The Balaban J connectivity index is 1.86. The first kappa shape index (κ1) is 21.5. The number of carbonyl (C=O) groups is 1. The van der Waals surface area contributed by atoms with Crippen LogP contribution in [0.25, 0.3) is 0 Å². The van der Waals surface area contributed by atoms with Crippen molar-refractivity contribution in [1.82, 2.24) is 0 Å². The maximum absolute atomic E-state index is 13.0. The van der Waals surface area contributed by atoms with Gasteiger partial charge in [-0.25, -0.2) is 0 Å². The van der Waals surface area contributed by atoms with Crippen molar-refractivity contribution < 1.29 is 14.3 Å². The Kier molecular flexibility index (Phi) is 7.39. The third-order valence-corrected chi connectivity index (χ3v) is 5.52. The average Bonchev–Trinajstić information content (AvgIpc) is 2.74. The van der Waals surface area contributed by atoms with Gasteiger partial charge in [0.2, 0.25) is 0 Å². The first-order valence-corrected chi connectivity index (χ1v) is 10.5. The van der Waals surface area contributed by atoms with Gasteiger partial charge in [0.1, 0.15) is 0 Å². The van der Waals surface area contributed by atoms with E-state index in [0.717, 1.165) is 14.8 Å². The zero-order valence-corrected chi connectivity index (χ0v) is 19.0. The fourth-order valence-corrected chi connectivity index (χ4v) is 3.49. The van der Waals surface area contributed by atoms with Gasteiger partial charge in [0, 0.05) is 26.3 Å². The first-order valence-electron chi connectivity index (χ1n) is 9.03. The number of Topliss-reactive ketones (excluding diaryl/α,β-unsaturated/α-hetero) is 1. The van der Waals surface area contributed by atoms with Crippen LogP contribution in [0.1, 0.15) is 28.4 Å². The maximum Gasteiger partial charge on any atom is 0.165 e. The number of ketones is 1. The number of rotatable bonds is 8. The van der Waals surface area contributed by atoms with Gasteiger partial charge in [0.05, 0.1) is 20.3 Å². The molecule has 3 aromatic rings. The summed E-state index contributed by atoms with van der Waals surface area (Å²) in [5.41, 5.74) is 2.51. The van der Waals surface area contributed by atoms with Crippen LogP contribution in [0.3, 0.4) is 0 Å². The van der Waals surface area contributed by atoms with Crippen LogP contribution in [0.4, 0.5) is 5.69 Å². The van der Waals surface area contributed by atoms with Gasteiger partial charge in [-0.1, -0.05) is 23.7 Å². The van der Waals surface area contributed by atoms with E-state index in [4.69, 9.17) is 21.1 Å². The minimum absolute atomic E-state index is 0.00362. The number of nitrogens with one attached hydrogen (secondary N) is 1. The van der Waals surface area contributed by atoms with Crippen molar-refractivity contribution >= 4 is 45.7 Å². The molecular formula is C23H21ClINO3. The largest absolute Gasteiger partial charge is 0.493 e. The lowest BCUT2D eigenvalue weighted by atomic mass is 9.97. The number of carbonyl (C=O) groups excluding carboxylic acids is 1. The summed E-state index contributed by atoms with van der Waals surface area (Å²) in [5, 5.41) is 4.13. The highest BCUT2D eigenvalue weighted by molar-refractivity contribution is 14.1. The second kappa shape index (κ2) is 9.98. The van der Waals surface area contributed by atoms with E-state index in [1.165, 1.54) is 0 Å². The second-order valence-electron chi connectivity index (χ2n) is 6.45. The lowest BCUT2D eigenvalue weighted by Gasteiger charge is -2.20. The predicted octanol–water partition coefficient (Wildman–Crippen LogP) is 6.39. The summed E-state index contributed by atoms with van der Waals surface area (Å²) in [4.78, 5) is 13.0. The quantitative estimate of drug-likeness (QED) is 0.276. The van der Waals surface area contributed by atoms with Crippen molar-refractivity contribution in [2.24, 2.45) is 0 Å². The summed E-state index contributed by atoms with van der Waals surface area (Å²) in [6.07, 6.45) is 0.281. The van der Waals surface area contributed by atoms with Crippen LogP contribution in [-0.2, 0) is 0 Å². The highest BCUT2D eigenvalue weighted by atomic mass is 127. The van der Waals surface area contributed by atoms with Crippen molar-refractivity contribution in [3.05, 3.63) is 86.4 Å². The third-order valence-electron chi connectivity index (χ3n) is 4.55. The first-order chi connectivity index (χ1) is 14.0. The van der Waals surface area contributed by atoms with Crippen molar-refractivity contribution in [3.8, 4) is 11.5 Å². The SMILES string of the molecule is COc1ccc(C(=O)CC(Nc2ccc(I)cc2)c2ccc(Cl)cc2)cc1OC. The Morgan fingerprint density at radius 1 is 0.966 bits per heavy atom. The monoisotopic (exact) mass is 521 g/mol. The standard InChI is InChI=1S/C23H21ClINO3/c1-28-22-12-5-16(13-23(22)29-2)21(27)14-20(15-3-6-17(24)7-4-15)26-19-10-8-18(25)9-11-19/h3-13,20,26H,14H2,1-2H3. The highest BCUT2D eigenvalue weighted by Gasteiger charge is 2.19. The van der Waals surface area contributed by atoms with Gasteiger partial charge in [0.15, 0.2) is 17.3 Å². The Morgan fingerprint density at radius 3 is 2.24 bits per heavy atom. The number of methoxy groups -OCH3 is 2. The molecule has 3 aromatic carbocycles. The molecule has 0 saturated carbocycles. The molecule has 0 radical (unpaired) electrons. The fraction of sp³-hybridized carbons (Fsp3) is 0.174. The van der Waals surface area contributed by atoms with Crippen LogP contribution in [-0.4, -0.2) is 20.0 Å². The molecule has 1 atom stereocenters. The maximum atomic E-state index is 13.0. The number of hydrogen-bond acceptors (Lipinski definition) is 4. The molecule has 1 N–H and O–H groups in total. The van der Waals surface area contributed by atoms with Crippen LogP contribution >= 0.6 is 34.2 Å². The molecule has 29 heavy (non-hydrogen) atoms. The number of ether oxygens (including phenoxy) is 2. The summed E-state index contributed by atoms with van der Waals surface area (Å²) in [5.74, 6) is 1.13. The molecule has 0 aliphatic heterocycles. The molecule has 4 nitrogen and oxygen atoms in total. The normalized spacial score (nSPS) is 11.6. The zero-order chi connectivity index (χ0) is 20.8. The molecule has 0 spiro atoms. The minimum atomic E-state index is -0.201. The Morgan fingerprint density at radius 2 is 1.62 bits per heavy atom. The molecule has 150 valence electrons. The smallest absolute Gasteiger partial charge is 0.165 e. The van der Waals surface area contributed by atoms with E-state index in [1.807, 2.05) is 48.5 Å². The Bertz CT molecular complexity index is 974. The van der Waals surface area contributed by atoms with Gasteiger partial charge >= 0.3 is 0 Å². The van der Waals surface area contributed by atoms with Crippen molar-refractivity contribution in [2.75, 3.05) is 19.5 Å². The Labute approximate surface area is 189 Å². The molecule has 0 aromatic heterocycles. The van der Waals surface area contributed by atoms with E-state index in [9.17, 15) is 4.79 Å². The summed E-state index contributed by atoms with van der Waals surface area (Å²) in [7, 11) is 3.13. The van der Waals surface area contributed by atoms with Gasteiger partial charge in [-0.15, -0.1) is 0 Å². The van der Waals surface area contributed by atoms with Crippen molar-refractivity contribution in [1.29, 1.82) is 0 Å². The lowest BCUT2D eigenvalue weighted by Crippen LogP contribution is -2.16. The molecule has 0 amide bonds. The third kappa shape index (κ3) is 5.64. The van der Waals surface area contributed by atoms with Gasteiger partial charge in [-0.2, -0.15) is 0 Å². The topological polar surface area (TPSA) is 47.6 Å². The molecular weight excluding hydrogens is 501 g/mol. The molecule has 3 rings (SSSR count). The summed E-state index contributed by atoms with van der Waals surface area (Å²) in [6, 6.07) is 20.6. The molecule has 1 unspecified atom stereocenters. The van der Waals surface area contributed by atoms with E-state index in [-0.39, 0.29) is 18.2 Å². The lowest BCUT2D eigenvalue weighted by molar-refractivity contribution is 0.0976. The van der Waals surface area contributed by atoms with Crippen molar-refractivity contribution in [3.63, 3.8) is 0 Å². The van der Waals surface area contributed by atoms with Gasteiger partial charge < -0.3 is 14.8 Å². The van der Waals surface area contributed by atoms with E-state index in [0.29, 0.717) is 22.1 Å². The molecule has 0 fully saturated rings. The van der Waals surface area contributed by atoms with Crippen LogP contribution < -0.4 is 14.8 Å². The molecule has 0 saturated heterocycles. The van der Waals surface area contributed by atoms with Crippen LogP contribution in [0.5, 0.6) is 11.5 Å². The second-order valence-corrected chi connectivity index (χ2v) is 8.13. The van der Waals surface area contributed by atoms with E-state index in [2.05, 4.69) is 27.9 Å². The van der Waals surface area contributed by atoms with Gasteiger partial charge in [0.25, 0.3) is 0 Å². The molecule has 0 aliphatic rings. The molecule has 0 aliphatic carbocycles. The van der Waals surface area contributed by atoms with E-state index >= 15 is 0 Å². The van der Waals surface area contributed by atoms with Crippen molar-refractivity contribution in [2.45, 2.75) is 12.5 Å². The molecule has 0 bridgehead atoms.